The van der Waals surface area contributed by atoms with Gasteiger partial charge in [0.1, 0.15) is 0 Å². The van der Waals surface area contributed by atoms with Crippen LogP contribution in [-0.4, -0.2) is 23.8 Å². The van der Waals surface area contributed by atoms with Crippen molar-refractivity contribution < 1.29 is 5.11 Å². The number of hydrogen-bond acceptors (Lipinski definition) is 2. The smallest absolute Gasteiger partial charge is 0.0582 e. The van der Waals surface area contributed by atoms with Crippen LogP contribution in [0.25, 0.3) is 0 Å². The first-order valence-electron chi connectivity index (χ1n) is 7.37. The van der Waals surface area contributed by atoms with Gasteiger partial charge in [0.15, 0.2) is 0 Å². The first-order valence-corrected chi connectivity index (χ1v) is 7.37. The van der Waals surface area contributed by atoms with E-state index in [0.29, 0.717) is 6.04 Å². The van der Waals surface area contributed by atoms with E-state index in [2.05, 4.69) is 18.3 Å². The maximum atomic E-state index is 9.18. The minimum absolute atomic E-state index is 0.241. The summed E-state index contributed by atoms with van der Waals surface area (Å²) < 4.78 is 0. The van der Waals surface area contributed by atoms with Crippen LogP contribution < -0.4 is 5.32 Å². The fraction of sp³-hybridized carbons (Fsp3) is 0.867. The van der Waals surface area contributed by atoms with Crippen LogP contribution in [0.2, 0.25) is 0 Å². The minimum Gasteiger partial charge on any atom is -0.395 e. The Balaban J connectivity index is 1.98. The Morgan fingerprint density at radius 1 is 1.29 bits per heavy atom. The van der Waals surface area contributed by atoms with Gasteiger partial charge >= 0.3 is 0 Å². The van der Waals surface area contributed by atoms with Crippen molar-refractivity contribution in [1.29, 1.82) is 0 Å². The molecule has 2 aliphatic carbocycles. The molecule has 0 amide bonds. The fourth-order valence-electron chi connectivity index (χ4n) is 3.39. The molecule has 0 radical (unpaired) electrons. The Kier molecular flexibility index (Phi) is 5.05. The van der Waals surface area contributed by atoms with Gasteiger partial charge in [-0.1, -0.05) is 24.5 Å². The predicted molar refractivity (Wildman–Crippen MR) is 72.0 cm³/mol. The van der Waals surface area contributed by atoms with Crippen LogP contribution in [0.4, 0.5) is 0 Å². The number of aliphatic hydroxyl groups excluding tert-OH is 1. The van der Waals surface area contributed by atoms with Crippen molar-refractivity contribution in [2.45, 2.75) is 70.4 Å². The zero-order chi connectivity index (χ0) is 12.1. The molecule has 0 unspecified atom stereocenters. The molecule has 0 heterocycles. The van der Waals surface area contributed by atoms with Gasteiger partial charge in [0.2, 0.25) is 0 Å². The summed E-state index contributed by atoms with van der Waals surface area (Å²) in [7, 11) is 0. The maximum absolute atomic E-state index is 9.18. The highest BCUT2D eigenvalue weighted by molar-refractivity contribution is 5.13. The van der Waals surface area contributed by atoms with Crippen LogP contribution >= 0.6 is 0 Å². The van der Waals surface area contributed by atoms with Gasteiger partial charge in [-0.2, -0.15) is 0 Å². The third kappa shape index (κ3) is 3.56. The highest BCUT2D eigenvalue weighted by Crippen LogP contribution is 2.35. The molecule has 98 valence electrons. The molecule has 0 bridgehead atoms. The maximum Gasteiger partial charge on any atom is 0.0582 e. The van der Waals surface area contributed by atoms with Crippen LogP contribution in [0.3, 0.4) is 0 Å². The van der Waals surface area contributed by atoms with Crippen LogP contribution in [0, 0.1) is 5.92 Å². The van der Waals surface area contributed by atoms with Crippen molar-refractivity contribution >= 4 is 0 Å². The van der Waals surface area contributed by atoms with E-state index in [1.54, 1.807) is 5.57 Å². The van der Waals surface area contributed by atoms with E-state index < -0.39 is 0 Å². The van der Waals surface area contributed by atoms with Gasteiger partial charge in [-0.25, -0.2) is 0 Å². The Morgan fingerprint density at radius 3 is 2.82 bits per heavy atom. The van der Waals surface area contributed by atoms with Gasteiger partial charge in [-0.15, -0.1) is 0 Å². The lowest BCUT2D eigenvalue weighted by atomic mass is 9.76. The van der Waals surface area contributed by atoms with Crippen molar-refractivity contribution in [3.8, 4) is 0 Å². The van der Waals surface area contributed by atoms with Crippen molar-refractivity contribution in [2.75, 3.05) is 6.61 Å². The van der Waals surface area contributed by atoms with Crippen LogP contribution in [0.1, 0.15) is 58.3 Å². The van der Waals surface area contributed by atoms with Gasteiger partial charge in [-0.3, -0.25) is 0 Å². The van der Waals surface area contributed by atoms with E-state index in [1.165, 1.54) is 51.4 Å². The molecule has 0 aromatic carbocycles. The average molecular weight is 237 g/mol. The van der Waals surface area contributed by atoms with E-state index in [9.17, 15) is 5.11 Å². The molecule has 2 N–H and O–H groups in total. The molecular formula is C15H27NO. The third-order valence-corrected chi connectivity index (χ3v) is 4.34. The lowest BCUT2D eigenvalue weighted by Gasteiger charge is -2.36. The number of nitrogens with one attached hydrogen (secondary N) is 1. The van der Waals surface area contributed by atoms with Crippen LogP contribution in [0.15, 0.2) is 11.6 Å². The lowest BCUT2D eigenvalue weighted by molar-refractivity contribution is 0.207. The second-order valence-corrected chi connectivity index (χ2v) is 5.77. The zero-order valence-electron chi connectivity index (χ0n) is 11.1. The van der Waals surface area contributed by atoms with Gasteiger partial charge in [0.25, 0.3) is 0 Å². The number of rotatable bonds is 4. The summed E-state index contributed by atoms with van der Waals surface area (Å²) in [5.74, 6) is 0.748. The Hall–Kier alpha value is -0.340. The number of aliphatic hydroxyl groups is 1. The van der Waals surface area contributed by atoms with Crippen LogP contribution in [-0.2, 0) is 0 Å². The summed E-state index contributed by atoms with van der Waals surface area (Å²) in [6, 6.07) is 0.847. The van der Waals surface area contributed by atoms with Gasteiger partial charge in [0.05, 0.1) is 6.61 Å². The lowest BCUT2D eigenvalue weighted by Crippen LogP contribution is -2.45. The first-order chi connectivity index (χ1) is 8.31. The summed E-state index contributed by atoms with van der Waals surface area (Å²) in [4.78, 5) is 0. The summed E-state index contributed by atoms with van der Waals surface area (Å²) in [6.45, 7) is 2.34. The molecule has 2 rings (SSSR count). The second-order valence-electron chi connectivity index (χ2n) is 5.77. The van der Waals surface area contributed by atoms with Gasteiger partial charge < -0.3 is 10.4 Å². The summed E-state index contributed by atoms with van der Waals surface area (Å²) in [5, 5.41) is 12.8. The molecule has 0 aliphatic heterocycles. The second kappa shape index (κ2) is 6.55. The predicted octanol–water partition coefficient (Wildman–Crippen LogP) is 3.02. The quantitative estimate of drug-likeness (QED) is 0.737. The molecule has 1 fully saturated rings. The summed E-state index contributed by atoms with van der Waals surface area (Å²) in [5.41, 5.74) is 1.71. The molecular weight excluding hydrogens is 210 g/mol. The first kappa shape index (κ1) is 13.1. The molecule has 17 heavy (non-hydrogen) atoms. The fourth-order valence-corrected chi connectivity index (χ4v) is 3.39. The third-order valence-electron chi connectivity index (χ3n) is 4.34. The molecule has 3 atom stereocenters. The van der Waals surface area contributed by atoms with Crippen molar-refractivity contribution in [1.82, 2.24) is 5.32 Å². The number of allylic oxidation sites excluding steroid dienone is 1. The van der Waals surface area contributed by atoms with E-state index in [4.69, 9.17) is 0 Å². The molecule has 0 aromatic heterocycles. The summed E-state index contributed by atoms with van der Waals surface area (Å²) >= 11 is 0. The molecule has 2 heteroatoms. The molecule has 2 nitrogen and oxygen atoms in total. The molecule has 1 saturated carbocycles. The Bertz CT molecular complexity index is 262. The average Bonchev–Trinajstić information content (AvgIpc) is 2.40. The van der Waals surface area contributed by atoms with E-state index in [-0.39, 0.29) is 12.6 Å². The monoisotopic (exact) mass is 237 g/mol. The van der Waals surface area contributed by atoms with Crippen molar-refractivity contribution in [3.63, 3.8) is 0 Å². The molecule has 0 spiro atoms. The van der Waals surface area contributed by atoms with Gasteiger partial charge in [-0.05, 0) is 51.4 Å². The van der Waals surface area contributed by atoms with Crippen molar-refractivity contribution in [2.24, 2.45) is 5.92 Å². The Labute approximate surface area is 105 Å². The molecule has 2 aliphatic rings. The number of hydrogen-bond donors (Lipinski definition) is 2. The summed E-state index contributed by atoms with van der Waals surface area (Å²) in [6.07, 6.45) is 13.2. The molecule has 0 saturated heterocycles. The topological polar surface area (TPSA) is 32.3 Å². The molecule has 0 aromatic rings. The zero-order valence-corrected chi connectivity index (χ0v) is 11.1. The normalized spacial score (nSPS) is 32.0. The largest absolute Gasteiger partial charge is 0.395 e. The highest BCUT2D eigenvalue weighted by atomic mass is 16.3. The van der Waals surface area contributed by atoms with Gasteiger partial charge in [0, 0.05) is 12.1 Å². The van der Waals surface area contributed by atoms with E-state index in [1.807, 2.05) is 0 Å². The van der Waals surface area contributed by atoms with E-state index >= 15 is 0 Å². The van der Waals surface area contributed by atoms with Crippen LogP contribution in [0.5, 0.6) is 0 Å². The van der Waals surface area contributed by atoms with Crippen molar-refractivity contribution in [3.05, 3.63) is 11.6 Å². The standard InChI is InChI=1S/C15H27NO/c1-12(11-17)16-15-10-6-5-9-14(15)13-7-3-2-4-8-13/h7,12,14-17H,2-6,8-11H2,1H3/t12-,14-,15-/m0/s1. The minimum atomic E-state index is 0.241. The Morgan fingerprint density at radius 2 is 2.12 bits per heavy atom. The van der Waals surface area contributed by atoms with E-state index in [0.717, 1.165) is 5.92 Å². The SMILES string of the molecule is C[C@@H](CO)N[C@H]1CCCC[C@H]1C1=CCCCC1. The highest BCUT2D eigenvalue weighted by Gasteiger charge is 2.28.